The molecule has 0 amide bonds. The van der Waals surface area contributed by atoms with Crippen LogP contribution in [0.15, 0.2) is 36.7 Å². The molecule has 0 aliphatic rings. The Bertz CT molecular complexity index is 537. The van der Waals surface area contributed by atoms with Crippen LogP contribution in [0.3, 0.4) is 0 Å². The molecule has 2 rings (SSSR count). The molecule has 1 aromatic carbocycles. The Balaban J connectivity index is 2.67. The predicted octanol–water partition coefficient (Wildman–Crippen LogP) is 3.52. The van der Waals surface area contributed by atoms with E-state index in [2.05, 4.69) is 4.98 Å². The molecule has 0 saturated carbocycles. The lowest BCUT2D eigenvalue weighted by Crippen LogP contribution is -1.90. The van der Waals surface area contributed by atoms with E-state index < -0.39 is 0 Å². The van der Waals surface area contributed by atoms with E-state index in [1.54, 1.807) is 30.6 Å². The summed E-state index contributed by atoms with van der Waals surface area (Å²) in [4.78, 5) is 15.0. The van der Waals surface area contributed by atoms with Crippen LogP contribution in [0.25, 0.3) is 11.1 Å². The largest absolute Gasteiger partial charge is 0.298 e. The predicted molar refractivity (Wildman–Crippen MR) is 64.8 cm³/mol. The number of pyridine rings is 1. The minimum absolute atomic E-state index is 0.615. The van der Waals surface area contributed by atoms with Crippen molar-refractivity contribution in [2.24, 2.45) is 0 Å². The molecule has 0 N–H and O–H groups in total. The summed E-state index contributed by atoms with van der Waals surface area (Å²) in [5, 5.41) is 0.615. The average molecular weight is 232 g/mol. The summed E-state index contributed by atoms with van der Waals surface area (Å²) in [5.41, 5.74) is 3.46. The lowest BCUT2D eigenvalue weighted by atomic mass is 9.98. The zero-order valence-electron chi connectivity index (χ0n) is 8.77. The highest BCUT2D eigenvalue weighted by Gasteiger charge is 2.07. The Labute approximate surface area is 98.9 Å². The number of rotatable bonds is 2. The summed E-state index contributed by atoms with van der Waals surface area (Å²) in [6.07, 6.45) is 4.30. The second kappa shape index (κ2) is 4.45. The molecule has 0 unspecified atom stereocenters. The first kappa shape index (κ1) is 10.8. The number of aldehydes is 1. The third-order valence-corrected chi connectivity index (χ3v) is 2.71. The van der Waals surface area contributed by atoms with Crippen molar-refractivity contribution in [2.45, 2.75) is 6.92 Å². The first-order valence-corrected chi connectivity index (χ1v) is 5.26. The second-order valence-corrected chi connectivity index (χ2v) is 3.98. The zero-order valence-corrected chi connectivity index (χ0v) is 9.53. The molecule has 0 bridgehead atoms. The maximum absolute atomic E-state index is 11.0. The van der Waals surface area contributed by atoms with Crippen molar-refractivity contribution in [3.8, 4) is 11.1 Å². The van der Waals surface area contributed by atoms with Crippen molar-refractivity contribution in [1.29, 1.82) is 0 Å². The van der Waals surface area contributed by atoms with Gasteiger partial charge in [-0.05, 0) is 42.3 Å². The minimum Gasteiger partial charge on any atom is -0.298 e. The van der Waals surface area contributed by atoms with Gasteiger partial charge in [-0.25, -0.2) is 0 Å². The molecule has 0 aliphatic heterocycles. The van der Waals surface area contributed by atoms with Gasteiger partial charge in [0.2, 0.25) is 0 Å². The van der Waals surface area contributed by atoms with Gasteiger partial charge in [0, 0.05) is 28.5 Å². The van der Waals surface area contributed by atoms with Crippen LogP contribution in [-0.4, -0.2) is 11.3 Å². The van der Waals surface area contributed by atoms with E-state index in [9.17, 15) is 4.79 Å². The number of hydrogen-bond acceptors (Lipinski definition) is 2. The number of carbonyl (C=O) groups is 1. The average Bonchev–Trinajstić information content (AvgIpc) is 2.29. The summed E-state index contributed by atoms with van der Waals surface area (Å²) in [6.45, 7) is 1.98. The van der Waals surface area contributed by atoms with Gasteiger partial charge in [-0.15, -0.1) is 0 Å². The Morgan fingerprint density at radius 1 is 1.25 bits per heavy atom. The number of nitrogens with zero attached hydrogens (tertiary/aromatic N) is 1. The molecule has 0 aliphatic carbocycles. The Morgan fingerprint density at radius 3 is 2.75 bits per heavy atom. The van der Waals surface area contributed by atoms with E-state index in [4.69, 9.17) is 11.6 Å². The summed E-state index contributed by atoms with van der Waals surface area (Å²) in [7, 11) is 0. The van der Waals surface area contributed by atoms with Gasteiger partial charge in [0.05, 0.1) is 0 Å². The quantitative estimate of drug-likeness (QED) is 0.741. The van der Waals surface area contributed by atoms with Crippen molar-refractivity contribution >= 4 is 17.9 Å². The van der Waals surface area contributed by atoms with Gasteiger partial charge in [-0.1, -0.05) is 11.6 Å². The smallest absolute Gasteiger partial charge is 0.150 e. The topological polar surface area (TPSA) is 30.0 Å². The van der Waals surface area contributed by atoms with Crippen molar-refractivity contribution in [3.63, 3.8) is 0 Å². The molecule has 0 spiro atoms. The molecule has 0 fully saturated rings. The van der Waals surface area contributed by atoms with Gasteiger partial charge >= 0.3 is 0 Å². The SMILES string of the molecule is Cc1ccncc1-c1cc(Cl)ccc1C=O. The van der Waals surface area contributed by atoms with E-state index >= 15 is 0 Å². The van der Waals surface area contributed by atoms with Gasteiger partial charge < -0.3 is 0 Å². The van der Waals surface area contributed by atoms with E-state index in [0.717, 1.165) is 23.0 Å². The van der Waals surface area contributed by atoms with Crippen molar-refractivity contribution in [1.82, 2.24) is 4.98 Å². The van der Waals surface area contributed by atoms with Gasteiger partial charge in [-0.3, -0.25) is 9.78 Å². The van der Waals surface area contributed by atoms with Gasteiger partial charge in [0.1, 0.15) is 0 Å². The van der Waals surface area contributed by atoms with Crippen molar-refractivity contribution in [2.75, 3.05) is 0 Å². The fourth-order valence-electron chi connectivity index (χ4n) is 1.61. The van der Waals surface area contributed by atoms with E-state index in [-0.39, 0.29) is 0 Å². The maximum atomic E-state index is 11.0. The van der Waals surface area contributed by atoms with Gasteiger partial charge in [0.15, 0.2) is 6.29 Å². The molecular formula is C13H10ClNO. The van der Waals surface area contributed by atoms with Gasteiger partial charge in [0.25, 0.3) is 0 Å². The van der Waals surface area contributed by atoms with Crippen LogP contribution in [0.5, 0.6) is 0 Å². The van der Waals surface area contributed by atoms with Crippen molar-refractivity contribution in [3.05, 3.63) is 52.8 Å². The lowest BCUT2D eigenvalue weighted by molar-refractivity contribution is 0.112. The summed E-state index contributed by atoms with van der Waals surface area (Å²) < 4.78 is 0. The molecule has 0 atom stereocenters. The van der Waals surface area contributed by atoms with Crippen LogP contribution in [0.2, 0.25) is 5.02 Å². The highest BCUT2D eigenvalue weighted by Crippen LogP contribution is 2.27. The fraction of sp³-hybridized carbons (Fsp3) is 0.0769. The lowest BCUT2D eigenvalue weighted by Gasteiger charge is -2.08. The van der Waals surface area contributed by atoms with Crippen LogP contribution >= 0.6 is 11.6 Å². The summed E-state index contributed by atoms with van der Waals surface area (Å²) in [6, 6.07) is 7.12. The Kier molecular flexibility index (Phi) is 3.02. The molecular weight excluding hydrogens is 222 g/mol. The summed E-state index contributed by atoms with van der Waals surface area (Å²) >= 11 is 5.94. The standard InChI is InChI=1S/C13H10ClNO/c1-9-4-5-15-7-13(9)12-6-11(14)3-2-10(12)8-16/h2-8H,1H3. The molecule has 2 nitrogen and oxygen atoms in total. The first-order chi connectivity index (χ1) is 7.72. The maximum Gasteiger partial charge on any atom is 0.150 e. The minimum atomic E-state index is 0.615. The van der Waals surface area contributed by atoms with E-state index in [0.29, 0.717) is 10.6 Å². The van der Waals surface area contributed by atoms with Crippen molar-refractivity contribution < 1.29 is 4.79 Å². The van der Waals surface area contributed by atoms with E-state index in [1.807, 2.05) is 13.0 Å². The zero-order chi connectivity index (χ0) is 11.5. The van der Waals surface area contributed by atoms with Gasteiger partial charge in [-0.2, -0.15) is 0 Å². The molecule has 16 heavy (non-hydrogen) atoms. The molecule has 1 aromatic heterocycles. The third-order valence-electron chi connectivity index (χ3n) is 2.47. The number of aryl methyl sites for hydroxylation is 1. The highest BCUT2D eigenvalue weighted by molar-refractivity contribution is 6.31. The van der Waals surface area contributed by atoms with E-state index in [1.165, 1.54) is 0 Å². The molecule has 3 heteroatoms. The molecule has 1 heterocycles. The Morgan fingerprint density at radius 2 is 2.06 bits per heavy atom. The normalized spacial score (nSPS) is 10.1. The monoisotopic (exact) mass is 231 g/mol. The fourth-order valence-corrected chi connectivity index (χ4v) is 1.78. The van der Waals surface area contributed by atoms with Crippen LogP contribution in [0.1, 0.15) is 15.9 Å². The molecule has 0 radical (unpaired) electrons. The number of carbonyl (C=O) groups excluding carboxylic acids is 1. The number of benzene rings is 1. The second-order valence-electron chi connectivity index (χ2n) is 3.54. The highest BCUT2D eigenvalue weighted by atomic mass is 35.5. The summed E-state index contributed by atoms with van der Waals surface area (Å²) in [5.74, 6) is 0. The van der Waals surface area contributed by atoms with Crippen LogP contribution in [-0.2, 0) is 0 Å². The Hall–Kier alpha value is -1.67. The number of aromatic nitrogens is 1. The van der Waals surface area contributed by atoms with Crippen LogP contribution in [0.4, 0.5) is 0 Å². The number of hydrogen-bond donors (Lipinski definition) is 0. The molecule has 80 valence electrons. The van der Waals surface area contributed by atoms with Crippen LogP contribution in [0, 0.1) is 6.92 Å². The van der Waals surface area contributed by atoms with Crippen LogP contribution < -0.4 is 0 Å². The molecule has 0 saturated heterocycles. The first-order valence-electron chi connectivity index (χ1n) is 4.88. The number of halogens is 1. The third kappa shape index (κ3) is 1.97. The molecule has 2 aromatic rings.